The third-order valence-electron chi connectivity index (χ3n) is 2.28. The number of aryl methyl sites for hydroxylation is 1. The lowest BCUT2D eigenvalue weighted by Gasteiger charge is -2.12. The van der Waals surface area contributed by atoms with Crippen LogP contribution in [0.25, 0.3) is 0 Å². The molecule has 0 bridgehead atoms. The first kappa shape index (κ1) is 14.3. The number of hydrogen-bond donors (Lipinski definition) is 2. The van der Waals surface area contributed by atoms with Crippen molar-refractivity contribution in [2.24, 2.45) is 5.73 Å². The van der Waals surface area contributed by atoms with Gasteiger partial charge in [-0.1, -0.05) is 11.6 Å². The van der Waals surface area contributed by atoms with Crippen molar-refractivity contribution in [3.05, 3.63) is 23.0 Å². The molecule has 0 aliphatic carbocycles. The minimum absolute atomic E-state index is 0.189. The summed E-state index contributed by atoms with van der Waals surface area (Å²) in [6.45, 7) is 1.79. The van der Waals surface area contributed by atoms with Gasteiger partial charge in [0.25, 0.3) is 0 Å². The molecule has 17 heavy (non-hydrogen) atoms. The number of hydrogen-bond acceptors (Lipinski definition) is 4. The molecule has 1 aromatic heterocycles. The second kappa shape index (κ2) is 6.83. The van der Waals surface area contributed by atoms with Crippen LogP contribution in [0.3, 0.4) is 0 Å². The highest BCUT2D eigenvalue weighted by atomic mass is 35.5. The second-order valence-corrected chi connectivity index (χ2v) is 5.02. The first-order chi connectivity index (χ1) is 8.04. The lowest BCUT2D eigenvalue weighted by atomic mass is 10.2. The number of halogens is 1. The lowest BCUT2D eigenvalue weighted by Crippen LogP contribution is -2.36. The van der Waals surface area contributed by atoms with Crippen LogP contribution < -0.4 is 11.1 Å². The molecular formula is C11H16ClN3OS. The summed E-state index contributed by atoms with van der Waals surface area (Å²) < 4.78 is 0. The number of pyridine rings is 1. The van der Waals surface area contributed by atoms with Crippen LogP contribution in [0.2, 0.25) is 5.15 Å². The van der Waals surface area contributed by atoms with Crippen LogP contribution in [0.4, 0.5) is 5.69 Å². The SMILES string of the molecule is CSCC[C@@H](N)C(=O)Nc1ccc(Cl)nc1C. The number of nitrogens with one attached hydrogen (secondary N) is 1. The topological polar surface area (TPSA) is 68.0 Å². The molecule has 94 valence electrons. The molecule has 0 unspecified atom stereocenters. The summed E-state index contributed by atoms with van der Waals surface area (Å²) in [7, 11) is 0. The van der Waals surface area contributed by atoms with Crippen molar-refractivity contribution >= 4 is 35.0 Å². The molecule has 1 heterocycles. The van der Waals surface area contributed by atoms with Gasteiger partial charge in [0.15, 0.2) is 0 Å². The number of thioether (sulfide) groups is 1. The van der Waals surface area contributed by atoms with E-state index in [2.05, 4.69) is 10.3 Å². The second-order valence-electron chi connectivity index (χ2n) is 3.64. The summed E-state index contributed by atoms with van der Waals surface area (Å²) in [5.41, 5.74) is 7.09. The number of nitrogens with zero attached hydrogens (tertiary/aromatic N) is 1. The Morgan fingerprint density at radius 1 is 1.65 bits per heavy atom. The Morgan fingerprint density at radius 3 is 2.94 bits per heavy atom. The van der Waals surface area contributed by atoms with Gasteiger partial charge < -0.3 is 11.1 Å². The molecule has 3 N–H and O–H groups in total. The van der Waals surface area contributed by atoms with Gasteiger partial charge in [-0.25, -0.2) is 4.98 Å². The molecular weight excluding hydrogens is 258 g/mol. The highest BCUT2D eigenvalue weighted by Crippen LogP contribution is 2.16. The molecule has 0 fully saturated rings. The molecule has 4 nitrogen and oxygen atoms in total. The third kappa shape index (κ3) is 4.53. The number of aromatic nitrogens is 1. The molecule has 0 aliphatic rings. The summed E-state index contributed by atoms with van der Waals surface area (Å²) in [6.07, 6.45) is 2.64. The van der Waals surface area contributed by atoms with Crippen molar-refractivity contribution in [2.75, 3.05) is 17.3 Å². The minimum Gasteiger partial charge on any atom is -0.323 e. The zero-order valence-electron chi connectivity index (χ0n) is 9.87. The zero-order valence-corrected chi connectivity index (χ0v) is 11.4. The number of nitrogens with two attached hydrogens (primary N) is 1. The van der Waals surface area contributed by atoms with Crippen molar-refractivity contribution in [3.63, 3.8) is 0 Å². The Labute approximate surface area is 110 Å². The fraction of sp³-hybridized carbons (Fsp3) is 0.455. The number of carbonyl (C=O) groups is 1. The molecule has 0 aromatic carbocycles. The molecule has 6 heteroatoms. The largest absolute Gasteiger partial charge is 0.323 e. The Morgan fingerprint density at radius 2 is 2.35 bits per heavy atom. The molecule has 0 spiro atoms. The predicted molar refractivity (Wildman–Crippen MR) is 73.6 cm³/mol. The average Bonchev–Trinajstić information content (AvgIpc) is 2.29. The highest BCUT2D eigenvalue weighted by molar-refractivity contribution is 7.98. The lowest BCUT2D eigenvalue weighted by molar-refractivity contribution is -0.117. The summed E-state index contributed by atoms with van der Waals surface area (Å²) in [5, 5.41) is 3.16. The summed E-state index contributed by atoms with van der Waals surface area (Å²) in [5.74, 6) is 0.679. The minimum atomic E-state index is -0.488. The van der Waals surface area contributed by atoms with E-state index in [4.69, 9.17) is 17.3 Å². The van der Waals surface area contributed by atoms with Gasteiger partial charge in [0.1, 0.15) is 5.15 Å². The van der Waals surface area contributed by atoms with Crippen molar-refractivity contribution in [1.29, 1.82) is 0 Å². The molecule has 1 amide bonds. The summed E-state index contributed by atoms with van der Waals surface area (Å²) in [4.78, 5) is 15.8. The maximum atomic E-state index is 11.7. The van der Waals surface area contributed by atoms with E-state index >= 15 is 0 Å². The van der Waals surface area contributed by atoms with Crippen LogP contribution in [0.5, 0.6) is 0 Å². The third-order valence-corrected chi connectivity index (χ3v) is 3.13. The van der Waals surface area contributed by atoms with Crippen LogP contribution in [0.1, 0.15) is 12.1 Å². The van der Waals surface area contributed by atoms with Gasteiger partial charge in [-0.15, -0.1) is 0 Å². The normalized spacial score (nSPS) is 12.2. The van der Waals surface area contributed by atoms with Crippen molar-refractivity contribution in [2.45, 2.75) is 19.4 Å². The van der Waals surface area contributed by atoms with Crippen LogP contribution in [0.15, 0.2) is 12.1 Å². The maximum absolute atomic E-state index is 11.7. The Kier molecular flexibility index (Phi) is 5.74. The molecule has 1 rings (SSSR count). The highest BCUT2D eigenvalue weighted by Gasteiger charge is 2.14. The van der Waals surface area contributed by atoms with E-state index in [9.17, 15) is 4.79 Å². The van der Waals surface area contributed by atoms with E-state index in [-0.39, 0.29) is 5.91 Å². The van der Waals surface area contributed by atoms with Crippen LogP contribution >= 0.6 is 23.4 Å². The van der Waals surface area contributed by atoms with E-state index in [0.717, 1.165) is 5.75 Å². The first-order valence-electron chi connectivity index (χ1n) is 5.23. The Balaban J connectivity index is 2.61. The number of rotatable bonds is 5. The predicted octanol–water partition coefficient (Wildman–Crippen LogP) is 2.06. The van der Waals surface area contributed by atoms with Crippen molar-refractivity contribution in [1.82, 2.24) is 4.98 Å². The van der Waals surface area contributed by atoms with Gasteiger partial charge in [-0.05, 0) is 37.5 Å². The first-order valence-corrected chi connectivity index (χ1v) is 7.00. The molecule has 1 aromatic rings. The molecule has 0 radical (unpaired) electrons. The summed E-state index contributed by atoms with van der Waals surface area (Å²) in [6, 6.07) is 2.87. The number of carbonyl (C=O) groups excluding carboxylic acids is 1. The fourth-order valence-corrected chi connectivity index (χ4v) is 1.94. The molecule has 0 saturated carbocycles. The Hall–Kier alpha value is -0.780. The standard InChI is InChI=1S/C11H16ClN3OS/c1-7-9(3-4-10(12)14-7)15-11(16)8(13)5-6-17-2/h3-4,8H,5-6,13H2,1-2H3,(H,15,16)/t8-/m1/s1. The zero-order chi connectivity index (χ0) is 12.8. The van der Waals surface area contributed by atoms with E-state index in [1.54, 1.807) is 30.8 Å². The van der Waals surface area contributed by atoms with Gasteiger partial charge in [0.2, 0.25) is 5.91 Å². The van der Waals surface area contributed by atoms with Crippen molar-refractivity contribution in [3.8, 4) is 0 Å². The maximum Gasteiger partial charge on any atom is 0.241 e. The van der Waals surface area contributed by atoms with E-state index < -0.39 is 6.04 Å². The molecule has 0 saturated heterocycles. The van der Waals surface area contributed by atoms with Gasteiger partial charge in [0, 0.05) is 0 Å². The van der Waals surface area contributed by atoms with Crippen LogP contribution in [0, 0.1) is 6.92 Å². The van der Waals surface area contributed by atoms with E-state index in [0.29, 0.717) is 23.0 Å². The average molecular weight is 274 g/mol. The van der Waals surface area contributed by atoms with Gasteiger partial charge >= 0.3 is 0 Å². The van der Waals surface area contributed by atoms with E-state index in [1.807, 2.05) is 6.26 Å². The monoisotopic (exact) mass is 273 g/mol. The number of amides is 1. The van der Waals surface area contributed by atoms with Gasteiger partial charge in [0.05, 0.1) is 17.4 Å². The van der Waals surface area contributed by atoms with Gasteiger partial charge in [-0.3, -0.25) is 4.79 Å². The van der Waals surface area contributed by atoms with Crippen molar-refractivity contribution < 1.29 is 4.79 Å². The van der Waals surface area contributed by atoms with Crippen LogP contribution in [-0.4, -0.2) is 28.9 Å². The molecule has 0 aliphatic heterocycles. The van der Waals surface area contributed by atoms with Gasteiger partial charge in [-0.2, -0.15) is 11.8 Å². The van der Waals surface area contributed by atoms with E-state index in [1.165, 1.54) is 0 Å². The molecule has 1 atom stereocenters. The fourth-order valence-electron chi connectivity index (χ4n) is 1.26. The summed E-state index contributed by atoms with van der Waals surface area (Å²) >= 11 is 7.40. The van der Waals surface area contributed by atoms with Crippen LogP contribution in [-0.2, 0) is 4.79 Å². The quantitative estimate of drug-likeness (QED) is 0.806. The number of anilines is 1. The smallest absolute Gasteiger partial charge is 0.241 e. The Bertz CT molecular complexity index is 400.